The third kappa shape index (κ3) is 4.59. The summed E-state index contributed by atoms with van der Waals surface area (Å²) in [7, 11) is 0. The monoisotopic (exact) mass is 271 g/mol. The van der Waals surface area contributed by atoms with Gasteiger partial charge in [0.2, 0.25) is 5.89 Å². The van der Waals surface area contributed by atoms with Crippen molar-refractivity contribution in [1.82, 2.24) is 15.6 Å². The molecule has 1 heterocycles. The van der Waals surface area contributed by atoms with Crippen LogP contribution in [0.25, 0.3) is 0 Å². The predicted octanol–water partition coefficient (Wildman–Crippen LogP) is -0.0738. The third-order valence-electron chi connectivity index (χ3n) is 2.49. The van der Waals surface area contributed by atoms with E-state index in [1.165, 1.54) is 0 Å². The van der Waals surface area contributed by atoms with Gasteiger partial charge in [0.25, 0.3) is 0 Å². The summed E-state index contributed by atoms with van der Waals surface area (Å²) < 4.78 is 5.25. The smallest absolute Gasteiger partial charge is 0.326 e. The van der Waals surface area contributed by atoms with Crippen LogP contribution in [0.4, 0.5) is 4.79 Å². The fourth-order valence-electron chi connectivity index (χ4n) is 1.37. The van der Waals surface area contributed by atoms with Crippen molar-refractivity contribution in [2.75, 3.05) is 6.61 Å². The molecule has 8 nitrogen and oxygen atoms in total. The van der Waals surface area contributed by atoms with Crippen LogP contribution in [-0.4, -0.2) is 39.8 Å². The number of aryl methyl sites for hydroxylation is 2. The van der Waals surface area contributed by atoms with Gasteiger partial charge in [-0.1, -0.05) is 0 Å². The zero-order valence-electron chi connectivity index (χ0n) is 10.8. The molecule has 0 fully saturated rings. The minimum atomic E-state index is -1.20. The average molecular weight is 271 g/mol. The Morgan fingerprint density at radius 2 is 2.11 bits per heavy atom. The number of aliphatic hydroxyl groups excluding tert-OH is 1. The van der Waals surface area contributed by atoms with Gasteiger partial charge in [-0.15, -0.1) is 0 Å². The molecule has 19 heavy (non-hydrogen) atoms. The minimum Gasteiger partial charge on any atom is -0.480 e. The summed E-state index contributed by atoms with van der Waals surface area (Å²) in [5.74, 6) is -0.188. The summed E-state index contributed by atoms with van der Waals surface area (Å²) in [5.41, 5.74) is 0.737. The first kappa shape index (κ1) is 15.0. The summed E-state index contributed by atoms with van der Waals surface area (Å²) in [4.78, 5) is 26.3. The molecule has 0 bridgehead atoms. The highest BCUT2D eigenvalue weighted by Gasteiger charge is 2.19. The molecule has 0 radical (unpaired) electrons. The van der Waals surface area contributed by atoms with E-state index in [1.54, 1.807) is 13.8 Å². The van der Waals surface area contributed by atoms with Crippen LogP contribution in [0.2, 0.25) is 0 Å². The number of rotatable bonds is 6. The number of aromatic nitrogens is 1. The van der Waals surface area contributed by atoms with E-state index in [-0.39, 0.29) is 19.6 Å². The SMILES string of the molecule is Cc1nc(CNC(=O)NC(CCO)C(=O)O)oc1C. The van der Waals surface area contributed by atoms with E-state index in [4.69, 9.17) is 14.6 Å². The number of carbonyl (C=O) groups is 2. The van der Waals surface area contributed by atoms with Crippen LogP contribution in [0.3, 0.4) is 0 Å². The number of carboxylic acid groups (broad SMARTS) is 1. The number of urea groups is 1. The van der Waals surface area contributed by atoms with E-state index < -0.39 is 18.0 Å². The van der Waals surface area contributed by atoms with E-state index in [9.17, 15) is 9.59 Å². The fourth-order valence-corrected chi connectivity index (χ4v) is 1.37. The summed E-state index contributed by atoms with van der Waals surface area (Å²) in [6.07, 6.45) is -0.0556. The number of oxazole rings is 1. The summed E-state index contributed by atoms with van der Waals surface area (Å²) in [6, 6.07) is -1.78. The van der Waals surface area contributed by atoms with Gasteiger partial charge in [0.1, 0.15) is 11.8 Å². The van der Waals surface area contributed by atoms with Gasteiger partial charge in [-0.25, -0.2) is 14.6 Å². The Labute approximate surface area is 109 Å². The van der Waals surface area contributed by atoms with Crippen molar-refractivity contribution < 1.29 is 24.2 Å². The second-order valence-electron chi connectivity index (χ2n) is 3.98. The zero-order chi connectivity index (χ0) is 14.4. The highest BCUT2D eigenvalue weighted by atomic mass is 16.4. The number of aliphatic hydroxyl groups is 1. The maximum absolute atomic E-state index is 11.5. The Balaban J connectivity index is 2.44. The Morgan fingerprint density at radius 3 is 2.58 bits per heavy atom. The Hall–Kier alpha value is -2.09. The van der Waals surface area contributed by atoms with Crippen LogP contribution in [0.1, 0.15) is 23.8 Å². The third-order valence-corrected chi connectivity index (χ3v) is 2.49. The van der Waals surface area contributed by atoms with Crippen molar-refractivity contribution in [2.45, 2.75) is 32.9 Å². The standard InChI is InChI=1S/C11H17N3O5/c1-6-7(2)19-9(13-6)5-12-11(18)14-8(3-4-15)10(16)17/h8,15H,3-5H2,1-2H3,(H,16,17)(H2,12,14,18). The lowest BCUT2D eigenvalue weighted by Crippen LogP contribution is -2.46. The highest BCUT2D eigenvalue weighted by molar-refractivity contribution is 5.82. The van der Waals surface area contributed by atoms with Gasteiger partial charge in [-0.3, -0.25) is 0 Å². The lowest BCUT2D eigenvalue weighted by atomic mass is 10.2. The molecular formula is C11H17N3O5. The molecule has 0 saturated carbocycles. The van der Waals surface area contributed by atoms with Gasteiger partial charge in [0.05, 0.1) is 12.2 Å². The molecule has 2 amide bonds. The molecular weight excluding hydrogens is 254 g/mol. The second kappa shape index (κ2) is 6.74. The number of hydrogen-bond donors (Lipinski definition) is 4. The van der Waals surface area contributed by atoms with Crippen molar-refractivity contribution in [3.63, 3.8) is 0 Å². The van der Waals surface area contributed by atoms with E-state index in [0.29, 0.717) is 11.7 Å². The molecule has 1 unspecified atom stereocenters. The normalized spacial score (nSPS) is 11.9. The van der Waals surface area contributed by atoms with Crippen molar-refractivity contribution in [3.05, 3.63) is 17.3 Å². The Kier molecular flexibility index (Phi) is 5.31. The Bertz CT molecular complexity index is 438. The number of nitrogens with zero attached hydrogens (tertiary/aromatic N) is 1. The molecule has 0 aliphatic rings. The van der Waals surface area contributed by atoms with Gasteiger partial charge >= 0.3 is 12.0 Å². The lowest BCUT2D eigenvalue weighted by molar-refractivity contribution is -0.139. The first-order chi connectivity index (χ1) is 8.93. The maximum Gasteiger partial charge on any atom is 0.326 e. The molecule has 1 atom stereocenters. The van der Waals surface area contributed by atoms with E-state index in [0.717, 1.165) is 5.69 Å². The van der Waals surface area contributed by atoms with Gasteiger partial charge in [-0.05, 0) is 13.8 Å². The van der Waals surface area contributed by atoms with Gasteiger partial charge in [0.15, 0.2) is 0 Å². The maximum atomic E-state index is 11.5. The van der Waals surface area contributed by atoms with E-state index >= 15 is 0 Å². The number of aliphatic carboxylic acids is 1. The summed E-state index contributed by atoms with van der Waals surface area (Å²) in [6.45, 7) is 3.28. The molecule has 0 aliphatic heterocycles. The van der Waals surface area contributed by atoms with Crippen LogP contribution in [0.5, 0.6) is 0 Å². The molecule has 1 aromatic rings. The zero-order valence-corrected chi connectivity index (χ0v) is 10.8. The first-order valence-electron chi connectivity index (χ1n) is 5.75. The van der Waals surface area contributed by atoms with Crippen LogP contribution >= 0.6 is 0 Å². The van der Waals surface area contributed by atoms with E-state index in [1.807, 2.05) is 0 Å². The largest absolute Gasteiger partial charge is 0.480 e. The highest BCUT2D eigenvalue weighted by Crippen LogP contribution is 2.07. The number of hydrogen-bond acceptors (Lipinski definition) is 5. The van der Waals surface area contributed by atoms with Crippen LogP contribution in [-0.2, 0) is 11.3 Å². The Morgan fingerprint density at radius 1 is 1.42 bits per heavy atom. The molecule has 1 rings (SSSR count). The number of amides is 2. The van der Waals surface area contributed by atoms with Crippen LogP contribution in [0, 0.1) is 13.8 Å². The van der Waals surface area contributed by atoms with E-state index in [2.05, 4.69) is 15.6 Å². The number of carbonyl (C=O) groups excluding carboxylic acids is 1. The predicted molar refractivity (Wildman–Crippen MR) is 64.5 cm³/mol. The molecule has 106 valence electrons. The van der Waals surface area contributed by atoms with Crippen LogP contribution in [0.15, 0.2) is 4.42 Å². The minimum absolute atomic E-state index is 0.0556. The van der Waals surface area contributed by atoms with Crippen molar-refractivity contribution in [1.29, 1.82) is 0 Å². The van der Waals surface area contributed by atoms with Crippen molar-refractivity contribution in [3.8, 4) is 0 Å². The number of carboxylic acids is 1. The molecule has 4 N–H and O–H groups in total. The van der Waals surface area contributed by atoms with Crippen LogP contribution < -0.4 is 10.6 Å². The van der Waals surface area contributed by atoms with Gasteiger partial charge < -0.3 is 25.3 Å². The van der Waals surface area contributed by atoms with Crippen molar-refractivity contribution in [2.24, 2.45) is 0 Å². The quantitative estimate of drug-likeness (QED) is 0.574. The summed E-state index contributed by atoms with van der Waals surface area (Å²) >= 11 is 0. The molecule has 0 aliphatic carbocycles. The molecule has 0 aromatic carbocycles. The van der Waals surface area contributed by atoms with Crippen molar-refractivity contribution >= 4 is 12.0 Å². The van der Waals surface area contributed by atoms with Gasteiger partial charge in [-0.2, -0.15) is 0 Å². The molecule has 0 spiro atoms. The average Bonchev–Trinajstić information content (AvgIpc) is 2.65. The molecule has 0 saturated heterocycles. The number of nitrogens with one attached hydrogen (secondary N) is 2. The molecule has 8 heteroatoms. The van der Waals surface area contributed by atoms with Gasteiger partial charge in [0, 0.05) is 13.0 Å². The lowest BCUT2D eigenvalue weighted by Gasteiger charge is -2.13. The summed E-state index contributed by atoms with van der Waals surface area (Å²) in [5, 5.41) is 22.1. The second-order valence-corrected chi connectivity index (χ2v) is 3.98. The molecule has 1 aromatic heterocycles. The first-order valence-corrected chi connectivity index (χ1v) is 5.75. The fraction of sp³-hybridized carbons (Fsp3) is 0.545. The topological polar surface area (TPSA) is 125 Å².